The molecule has 0 saturated heterocycles. The third kappa shape index (κ3) is 3.45. The molecule has 6 heteroatoms. The largest absolute Gasteiger partial charge is 0.416 e. The van der Waals surface area contributed by atoms with E-state index in [-0.39, 0.29) is 5.56 Å². The lowest BCUT2D eigenvalue weighted by Crippen LogP contribution is -2.36. The fourth-order valence-corrected chi connectivity index (χ4v) is 1.92. The van der Waals surface area contributed by atoms with Crippen LogP contribution >= 0.6 is 0 Å². The van der Waals surface area contributed by atoms with Crippen LogP contribution in [0.4, 0.5) is 13.2 Å². The first kappa shape index (κ1) is 15.9. The maximum atomic E-state index is 12.9. The quantitative estimate of drug-likeness (QED) is 0.897. The minimum absolute atomic E-state index is 0.257. The first-order valence-electron chi connectivity index (χ1n) is 6.09. The highest BCUT2D eigenvalue weighted by molar-refractivity contribution is 5.30. The van der Waals surface area contributed by atoms with Gasteiger partial charge in [0.15, 0.2) is 0 Å². The Morgan fingerprint density at radius 2 is 2.00 bits per heavy atom. The van der Waals surface area contributed by atoms with E-state index in [0.717, 1.165) is 18.5 Å². The number of aliphatic hydroxyl groups is 1. The predicted octanol–water partition coefficient (Wildman–Crippen LogP) is 3.34. The molecule has 0 aliphatic rings. The topological polar surface area (TPSA) is 42.4 Å². The van der Waals surface area contributed by atoms with Crippen molar-refractivity contribution in [3.8, 4) is 0 Å². The van der Waals surface area contributed by atoms with Gasteiger partial charge in [0.2, 0.25) is 0 Å². The van der Waals surface area contributed by atoms with Crippen LogP contribution in [0.3, 0.4) is 0 Å². The average Bonchev–Trinajstić information content (AvgIpc) is 2.37. The number of hydrogen-bond acceptors (Lipinski definition) is 3. The van der Waals surface area contributed by atoms with Gasteiger partial charge in [-0.3, -0.25) is 4.98 Å². The van der Waals surface area contributed by atoms with E-state index in [2.05, 4.69) is 4.98 Å². The van der Waals surface area contributed by atoms with Gasteiger partial charge in [0, 0.05) is 24.6 Å². The molecule has 1 heterocycles. The summed E-state index contributed by atoms with van der Waals surface area (Å²) in [7, 11) is 0. The number of aliphatic hydroxyl groups excluding tert-OH is 1. The van der Waals surface area contributed by atoms with Crippen LogP contribution in [0.15, 0.2) is 18.5 Å². The number of aromatic nitrogens is 1. The molecule has 0 radical (unpaired) electrons. The van der Waals surface area contributed by atoms with Crippen molar-refractivity contribution < 1.29 is 23.0 Å². The third-order valence-corrected chi connectivity index (χ3v) is 3.21. The highest BCUT2D eigenvalue weighted by Crippen LogP contribution is 2.39. The molecule has 0 saturated carbocycles. The second-order valence-corrected chi connectivity index (χ2v) is 4.46. The first-order chi connectivity index (χ1) is 8.76. The molecule has 3 nitrogen and oxygen atoms in total. The minimum atomic E-state index is -4.53. The Bertz CT molecular complexity index is 423. The highest BCUT2D eigenvalue weighted by Gasteiger charge is 2.40. The van der Waals surface area contributed by atoms with Crippen molar-refractivity contribution in [1.82, 2.24) is 4.98 Å². The summed E-state index contributed by atoms with van der Waals surface area (Å²) in [4.78, 5) is 3.67. The van der Waals surface area contributed by atoms with Gasteiger partial charge in [-0.05, 0) is 26.3 Å². The van der Waals surface area contributed by atoms with Gasteiger partial charge in [-0.2, -0.15) is 13.2 Å². The lowest BCUT2D eigenvalue weighted by atomic mass is 9.88. The van der Waals surface area contributed by atoms with Crippen LogP contribution in [-0.4, -0.2) is 22.3 Å². The number of hydrogen-bond donors (Lipinski definition) is 1. The van der Waals surface area contributed by atoms with E-state index >= 15 is 0 Å². The predicted molar refractivity (Wildman–Crippen MR) is 64.5 cm³/mol. The molecule has 0 aliphatic heterocycles. The Labute approximate surface area is 110 Å². The smallest absolute Gasteiger partial charge is 0.385 e. The van der Waals surface area contributed by atoms with Crippen LogP contribution in [0, 0.1) is 0 Å². The number of alkyl halides is 3. The van der Waals surface area contributed by atoms with Crippen molar-refractivity contribution in [2.75, 3.05) is 6.61 Å². The molecule has 0 spiro atoms. The Kier molecular flexibility index (Phi) is 4.92. The van der Waals surface area contributed by atoms with Crippen molar-refractivity contribution in [3.05, 3.63) is 29.6 Å². The summed E-state index contributed by atoms with van der Waals surface area (Å²) in [5.74, 6) is 0. The van der Waals surface area contributed by atoms with Crippen molar-refractivity contribution >= 4 is 0 Å². The van der Waals surface area contributed by atoms with Crippen LogP contribution in [0.2, 0.25) is 0 Å². The number of ether oxygens (including phenoxy) is 1. The Morgan fingerprint density at radius 1 is 1.37 bits per heavy atom. The molecule has 19 heavy (non-hydrogen) atoms. The maximum absolute atomic E-state index is 12.9. The van der Waals surface area contributed by atoms with E-state index < -0.39 is 23.4 Å². The summed E-state index contributed by atoms with van der Waals surface area (Å²) in [5, 5.41) is 10.2. The minimum Gasteiger partial charge on any atom is -0.385 e. The molecular formula is C13H18F3NO2. The summed E-state index contributed by atoms with van der Waals surface area (Å²) < 4.78 is 44.1. The normalized spacial score (nSPS) is 17.0. The molecule has 2 atom stereocenters. The molecule has 0 aliphatic carbocycles. The van der Waals surface area contributed by atoms with E-state index in [4.69, 9.17) is 4.74 Å². The Hall–Kier alpha value is -1.14. The van der Waals surface area contributed by atoms with Crippen LogP contribution in [0.25, 0.3) is 0 Å². The zero-order valence-corrected chi connectivity index (χ0v) is 11.2. The molecule has 2 unspecified atom stereocenters. The van der Waals surface area contributed by atoms with E-state index in [1.54, 1.807) is 20.8 Å². The molecular weight excluding hydrogens is 259 g/mol. The van der Waals surface area contributed by atoms with Crippen LogP contribution in [-0.2, 0) is 10.9 Å². The first-order valence-corrected chi connectivity index (χ1v) is 6.09. The lowest BCUT2D eigenvalue weighted by Gasteiger charge is -2.34. The molecule has 108 valence electrons. The zero-order valence-electron chi connectivity index (χ0n) is 11.2. The molecule has 1 rings (SSSR count). The van der Waals surface area contributed by atoms with Crippen molar-refractivity contribution in [2.24, 2.45) is 0 Å². The second kappa shape index (κ2) is 5.88. The van der Waals surface area contributed by atoms with Crippen molar-refractivity contribution in [3.63, 3.8) is 0 Å². The molecule has 1 N–H and O–H groups in total. The van der Waals surface area contributed by atoms with Gasteiger partial charge in [0.05, 0.1) is 11.2 Å². The van der Waals surface area contributed by atoms with Crippen molar-refractivity contribution in [2.45, 2.75) is 45.1 Å². The Balaban J connectivity index is 3.22. The van der Waals surface area contributed by atoms with E-state index in [1.165, 1.54) is 0 Å². The molecule has 1 aromatic heterocycles. The number of nitrogens with zero attached hydrogens (tertiary/aromatic N) is 1. The summed E-state index contributed by atoms with van der Waals surface area (Å²) in [5.41, 5.74) is -2.21. The summed E-state index contributed by atoms with van der Waals surface area (Å²) in [6.45, 7) is 5.38. The van der Waals surface area contributed by atoms with Gasteiger partial charge >= 0.3 is 6.18 Å². The SMILES string of the molecule is CCOC(C)(CC)C(O)c1cnccc1C(F)(F)F. The summed E-state index contributed by atoms with van der Waals surface area (Å²) in [6, 6.07) is 0.862. The molecule has 0 aromatic carbocycles. The van der Waals surface area contributed by atoms with Gasteiger partial charge < -0.3 is 9.84 Å². The van der Waals surface area contributed by atoms with E-state index in [0.29, 0.717) is 13.0 Å². The molecule has 0 amide bonds. The lowest BCUT2D eigenvalue weighted by molar-refractivity contribution is -0.145. The fraction of sp³-hybridized carbons (Fsp3) is 0.615. The number of halogens is 3. The average molecular weight is 277 g/mol. The standard InChI is InChI=1S/C13H18F3NO2/c1-4-12(3,19-5-2)11(18)9-8-17-7-6-10(9)13(14,15)16/h6-8,11,18H,4-5H2,1-3H3. The van der Waals surface area contributed by atoms with Crippen LogP contribution < -0.4 is 0 Å². The van der Waals surface area contributed by atoms with Gasteiger partial charge in [-0.25, -0.2) is 0 Å². The van der Waals surface area contributed by atoms with Crippen LogP contribution in [0.5, 0.6) is 0 Å². The molecule has 0 bridgehead atoms. The molecule has 0 fully saturated rings. The number of pyridine rings is 1. The van der Waals surface area contributed by atoms with Gasteiger partial charge in [0.1, 0.15) is 6.10 Å². The summed E-state index contributed by atoms with van der Waals surface area (Å²) >= 11 is 0. The summed E-state index contributed by atoms with van der Waals surface area (Å²) in [6.07, 6.45) is -3.43. The van der Waals surface area contributed by atoms with Gasteiger partial charge in [-0.15, -0.1) is 0 Å². The van der Waals surface area contributed by atoms with Gasteiger partial charge in [0.25, 0.3) is 0 Å². The molecule has 1 aromatic rings. The monoisotopic (exact) mass is 277 g/mol. The zero-order chi connectivity index (χ0) is 14.7. The van der Waals surface area contributed by atoms with E-state index in [1.807, 2.05) is 0 Å². The number of rotatable bonds is 5. The fourth-order valence-electron chi connectivity index (χ4n) is 1.92. The second-order valence-electron chi connectivity index (χ2n) is 4.46. The van der Waals surface area contributed by atoms with E-state index in [9.17, 15) is 18.3 Å². The van der Waals surface area contributed by atoms with Gasteiger partial charge in [-0.1, -0.05) is 6.92 Å². The highest BCUT2D eigenvalue weighted by atomic mass is 19.4. The van der Waals surface area contributed by atoms with Crippen molar-refractivity contribution in [1.29, 1.82) is 0 Å². The Morgan fingerprint density at radius 3 is 2.47 bits per heavy atom. The van der Waals surface area contributed by atoms with Crippen LogP contribution in [0.1, 0.15) is 44.4 Å². The maximum Gasteiger partial charge on any atom is 0.416 e. The third-order valence-electron chi connectivity index (χ3n) is 3.21.